The average molecular weight is 950 g/mol. The molecule has 1 aromatic rings. The molecular weight excluding hydrogens is 871 g/mol. The first kappa shape index (κ1) is 52.1. The Balaban J connectivity index is 0.775. The second kappa shape index (κ2) is 25.4. The summed E-state index contributed by atoms with van der Waals surface area (Å²) < 4.78 is 51.6. The van der Waals surface area contributed by atoms with Crippen LogP contribution in [0.25, 0.3) is 0 Å². The van der Waals surface area contributed by atoms with Crippen LogP contribution in [-0.4, -0.2) is 183 Å². The molecule has 3 atom stereocenters. The summed E-state index contributed by atoms with van der Waals surface area (Å²) in [5, 5.41) is 21.3. The fourth-order valence-corrected chi connectivity index (χ4v) is 11.5. The average Bonchev–Trinajstić information content (AvgIpc) is 3.55. The number of terminal acetylenes is 1. The normalized spacial score (nSPS) is 23.8. The number of carbonyl (C=O) groups is 2. The minimum absolute atomic E-state index is 0.0817. The molecule has 6 fully saturated rings. The Kier molecular flexibility index (Phi) is 19.5. The predicted octanol–water partition coefficient (Wildman–Crippen LogP) is 5.84. The van der Waals surface area contributed by atoms with Crippen LogP contribution >= 0.6 is 0 Å². The second-order valence-corrected chi connectivity index (χ2v) is 20.3. The summed E-state index contributed by atoms with van der Waals surface area (Å²) in [5.41, 5.74) is 2.55. The summed E-state index contributed by atoms with van der Waals surface area (Å²) in [6.07, 6.45) is 14.8. The number of nitrogens with one attached hydrogen (secondary N) is 3. The van der Waals surface area contributed by atoms with Crippen molar-refractivity contribution in [3.8, 4) is 12.3 Å². The van der Waals surface area contributed by atoms with Gasteiger partial charge in [-0.3, -0.25) is 14.5 Å². The number of nitrogens with zero attached hydrogens (tertiary/aromatic N) is 5. The van der Waals surface area contributed by atoms with Crippen LogP contribution in [0, 0.1) is 40.4 Å². The van der Waals surface area contributed by atoms with E-state index in [1.807, 2.05) is 39.8 Å². The number of alkyl halides is 2. The van der Waals surface area contributed by atoms with E-state index in [-0.39, 0.29) is 55.4 Å². The number of carbonyl (C=O) groups excluding carboxylic acids is 2. The first-order valence-electron chi connectivity index (χ1n) is 25.7. The molecule has 6 aliphatic rings. The molecule has 16 heteroatoms. The molecule has 1 spiro atoms. The third-order valence-corrected chi connectivity index (χ3v) is 15.8. The van der Waals surface area contributed by atoms with Gasteiger partial charge < -0.3 is 39.0 Å². The van der Waals surface area contributed by atoms with Gasteiger partial charge in [0.15, 0.2) is 0 Å². The topological polar surface area (TPSA) is 147 Å². The zero-order valence-electron chi connectivity index (χ0n) is 40.7. The first-order chi connectivity index (χ1) is 32.9. The molecule has 2 bridgehead atoms. The Hall–Kier alpha value is -3.69. The van der Waals surface area contributed by atoms with Crippen molar-refractivity contribution in [2.45, 2.75) is 121 Å². The lowest BCUT2D eigenvalue weighted by Crippen LogP contribution is -2.57. The molecule has 1 saturated carbocycles. The Morgan fingerprint density at radius 3 is 1.91 bits per heavy atom. The van der Waals surface area contributed by atoms with E-state index in [1.54, 1.807) is 6.92 Å². The van der Waals surface area contributed by atoms with Crippen LogP contribution < -0.4 is 5.32 Å². The predicted molar refractivity (Wildman–Crippen MR) is 259 cm³/mol. The van der Waals surface area contributed by atoms with Crippen molar-refractivity contribution in [1.82, 2.24) is 24.9 Å². The highest BCUT2D eigenvalue weighted by atomic mass is 19.3. The molecule has 0 aromatic heterocycles. The van der Waals surface area contributed by atoms with Crippen molar-refractivity contribution in [3.63, 3.8) is 0 Å². The number of benzene rings is 1. The lowest BCUT2D eigenvalue weighted by molar-refractivity contribution is -0.290. The van der Waals surface area contributed by atoms with Gasteiger partial charge in [0.2, 0.25) is 29.4 Å². The van der Waals surface area contributed by atoms with E-state index in [0.29, 0.717) is 108 Å². The number of fused-ring (bicyclic) bond motifs is 2. The quantitative estimate of drug-likeness (QED) is 0.0405. The van der Waals surface area contributed by atoms with Gasteiger partial charge in [0.05, 0.1) is 63.9 Å². The van der Waals surface area contributed by atoms with Crippen LogP contribution in [0.2, 0.25) is 0 Å². The lowest BCUT2D eigenvalue weighted by Gasteiger charge is -2.47. The van der Waals surface area contributed by atoms with Gasteiger partial charge in [-0.15, -0.1) is 6.42 Å². The summed E-state index contributed by atoms with van der Waals surface area (Å²) >= 11 is 0. The summed E-state index contributed by atoms with van der Waals surface area (Å²) in [4.78, 5) is 36.2. The van der Waals surface area contributed by atoms with Crippen LogP contribution in [0.3, 0.4) is 0 Å². The molecule has 1 aliphatic carbocycles. The van der Waals surface area contributed by atoms with Crippen LogP contribution in [-0.2, 0) is 28.5 Å². The van der Waals surface area contributed by atoms with Crippen molar-refractivity contribution < 1.29 is 41.9 Å². The SMILES string of the molecule is C#CCOCCOCCOCCOCCN1CCC2(CC1)CCN(CCC(=O)N1CC(C(=N)[N+](C(C)=N)=C3CC4CCC(C3)N4CC[C@H](NC(=O)C3CCC(F)(F)CC3)c3ccccc3)C1)CC2. The van der Waals surface area contributed by atoms with Gasteiger partial charge in [-0.1, -0.05) is 36.3 Å². The zero-order chi connectivity index (χ0) is 47.9. The molecule has 0 radical (unpaired) electrons. The lowest BCUT2D eigenvalue weighted by atomic mass is 9.71. The van der Waals surface area contributed by atoms with Crippen LogP contribution in [0.4, 0.5) is 8.78 Å². The Bertz CT molecular complexity index is 1860. The Labute approximate surface area is 403 Å². The summed E-state index contributed by atoms with van der Waals surface area (Å²) in [6, 6.07) is 10.3. The monoisotopic (exact) mass is 950 g/mol. The number of piperidine rings is 3. The van der Waals surface area contributed by atoms with Crippen molar-refractivity contribution >= 4 is 29.2 Å². The Morgan fingerprint density at radius 1 is 0.779 bits per heavy atom. The first-order valence-corrected chi connectivity index (χ1v) is 25.7. The van der Waals surface area contributed by atoms with E-state index in [4.69, 9.17) is 30.8 Å². The van der Waals surface area contributed by atoms with E-state index < -0.39 is 5.92 Å². The van der Waals surface area contributed by atoms with Crippen molar-refractivity contribution in [2.75, 3.05) is 112 Å². The number of amides is 2. The van der Waals surface area contributed by atoms with Gasteiger partial charge in [-0.2, -0.15) is 10.8 Å². The minimum atomic E-state index is -2.67. The smallest absolute Gasteiger partial charge is 0.248 e. The zero-order valence-corrected chi connectivity index (χ0v) is 40.7. The molecule has 2 unspecified atom stereocenters. The largest absolute Gasteiger partial charge is 0.378 e. The maximum Gasteiger partial charge on any atom is 0.248 e. The molecular formula is C52H79F2N8O6+. The van der Waals surface area contributed by atoms with Crippen molar-refractivity contribution in [3.05, 3.63) is 35.9 Å². The minimum Gasteiger partial charge on any atom is -0.378 e. The standard InChI is InChI=1S/C52H78F2N8O6/c1-3-28-65-30-32-67-34-35-68-33-31-66-29-27-59-25-19-51(20-26-59)17-23-58(24-18-51)21-14-48(63)60-38-43(39-60)49(56)62(40(2)55)46-36-44-9-10-45(37-46)61(44)22-13-47(41-7-5-4-6-8-41)57-50(64)42-11-15-52(53,54)16-12-42/h1,4-8,42-45,47,55-56H,9-39H2,2H3/p+1/t44?,45?,47-/m0/s1. The molecule has 3 N–H and O–H groups in total. The van der Waals surface area contributed by atoms with E-state index in [9.17, 15) is 23.8 Å². The third kappa shape index (κ3) is 14.7. The number of amidine groups is 2. The molecule has 5 saturated heterocycles. The maximum absolute atomic E-state index is 13.9. The van der Waals surface area contributed by atoms with Gasteiger partial charge in [-0.05, 0) is 94.9 Å². The maximum atomic E-state index is 13.9. The molecule has 5 heterocycles. The van der Waals surface area contributed by atoms with Gasteiger partial charge in [0.25, 0.3) is 0 Å². The summed E-state index contributed by atoms with van der Waals surface area (Å²) in [7, 11) is 0. The molecule has 7 rings (SSSR count). The van der Waals surface area contributed by atoms with Gasteiger partial charge in [0, 0.05) is 89.8 Å². The number of likely N-dealkylation sites (tertiary alicyclic amines) is 3. The van der Waals surface area contributed by atoms with Gasteiger partial charge in [-0.25, -0.2) is 13.4 Å². The van der Waals surface area contributed by atoms with E-state index in [2.05, 4.69) is 25.9 Å². The van der Waals surface area contributed by atoms with E-state index in [0.717, 1.165) is 82.8 Å². The highest BCUT2D eigenvalue weighted by molar-refractivity contribution is 5.97. The third-order valence-electron chi connectivity index (χ3n) is 15.8. The second-order valence-electron chi connectivity index (χ2n) is 20.3. The summed E-state index contributed by atoms with van der Waals surface area (Å²) in [6.45, 7) is 13.8. The van der Waals surface area contributed by atoms with Crippen LogP contribution in [0.15, 0.2) is 30.3 Å². The molecule has 376 valence electrons. The van der Waals surface area contributed by atoms with Crippen LogP contribution in [0.5, 0.6) is 0 Å². The number of hydrogen-bond donors (Lipinski definition) is 3. The van der Waals surface area contributed by atoms with Crippen molar-refractivity contribution in [2.24, 2.45) is 17.3 Å². The van der Waals surface area contributed by atoms with Crippen LogP contribution in [0.1, 0.15) is 108 Å². The van der Waals surface area contributed by atoms with Gasteiger partial charge in [0.1, 0.15) is 6.61 Å². The van der Waals surface area contributed by atoms with Crippen molar-refractivity contribution in [1.29, 1.82) is 10.8 Å². The fourth-order valence-electron chi connectivity index (χ4n) is 11.5. The highest BCUT2D eigenvalue weighted by Crippen LogP contribution is 2.42. The molecule has 5 aliphatic heterocycles. The molecule has 1 aromatic carbocycles. The fraction of sp³-hybridized carbons (Fsp3) is 0.750. The number of rotatable bonds is 23. The van der Waals surface area contributed by atoms with E-state index >= 15 is 0 Å². The number of halogens is 2. The summed E-state index contributed by atoms with van der Waals surface area (Å²) in [5.74, 6) is 0.104. The van der Waals surface area contributed by atoms with Gasteiger partial charge >= 0.3 is 0 Å². The number of hydrogen-bond acceptors (Lipinski definition) is 11. The molecule has 2 amide bonds. The molecule has 14 nitrogen and oxygen atoms in total. The Morgan fingerprint density at radius 2 is 1.34 bits per heavy atom. The molecule has 68 heavy (non-hydrogen) atoms. The number of ether oxygens (including phenoxy) is 4. The van der Waals surface area contributed by atoms with E-state index in [1.165, 1.54) is 25.7 Å². The highest BCUT2D eigenvalue weighted by Gasteiger charge is 2.45.